The lowest BCUT2D eigenvalue weighted by Crippen LogP contribution is -2.36. The van der Waals surface area contributed by atoms with Gasteiger partial charge in [0.25, 0.3) is 0 Å². The Kier molecular flexibility index (Phi) is 11.4. The summed E-state index contributed by atoms with van der Waals surface area (Å²) >= 11 is 0. The second-order valence-corrected chi connectivity index (χ2v) is 9.08. The van der Waals surface area contributed by atoms with Crippen LogP contribution in [0.25, 0.3) is 0 Å². The molecule has 1 saturated heterocycles. The second-order valence-electron chi connectivity index (χ2n) is 9.08. The van der Waals surface area contributed by atoms with Crippen molar-refractivity contribution in [3.8, 4) is 0 Å². The Hall–Kier alpha value is -2.57. The standard InChI is InChI=1S/C29H37F2NO3/c1-2-34-28(33)8-6-4-3-5-7-23-17-19-32(20-18-23)21-22-35-29(24-9-13-26(30)14-10-24)25-11-15-27(31)16-12-25/h6,8-16,23,29H,2-5,7,17-22H2,1H3/b8-6+. The molecule has 0 N–H and O–H groups in total. The third-order valence-electron chi connectivity index (χ3n) is 6.52. The van der Waals surface area contributed by atoms with Crippen LogP contribution in [-0.4, -0.2) is 43.7 Å². The number of unbranched alkanes of at least 4 members (excludes halogenated alkanes) is 2. The van der Waals surface area contributed by atoms with Gasteiger partial charge in [0.1, 0.15) is 17.7 Å². The molecule has 35 heavy (non-hydrogen) atoms. The Morgan fingerprint density at radius 3 is 2.17 bits per heavy atom. The number of hydrogen-bond acceptors (Lipinski definition) is 4. The molecule has 0 atom stereocenters. The van der Waals surface area contributed by atoms with Crippen molar-refractivity contribution in [2.24, 2.45) is 5.92 Å². The molecule has 4 nitrogen and oxygen atoms in total. The van der Waals surface area contributed by atoms with Gasteiger partial charge in [0.2, 0.25) is 0 Å². The molecule has 2 aromatic rings. The topological polar surface area (TPSA) is 38.8 Å². The first-order valence-electron chi connectivity index (χ1n) is 12.7. The van der Waals surface area contributed by atoms with Gasteiger partial charge in [-0.15, -0.1) is 0 Å². The second kappa shape index (κ2) is 14.7. The highest BCUT2D eigenvalue weighted by atomic mass is 19.1. The third kappa shape index (κ3) is 9.54. The Bertz CT molecular complexity index is 861. The quantitative estimate of drug-likeness (QED) is 0.185. The fraction of sp³-hybridized carbons (Fsp3) is 0.483. The number of benzene rings is 2. The number of rotatable bonds is 13. The number of carbonyl (C=O) groups is 1. The van der Waals surface area contributed by atoms with E-state index in [2.05, 4.69) is 4.90 Å². The summed E-state index contributed by atoms with van der Waals surface area (Å²) in [5.74, 6) is -0.0804. The first-order valence-corrected chi connectivity index (χ1v) is 12.7. The largest absolute Gasteiger partial charge is 0.463 e. The molecule has 0 saturated carbocycles. The molecule has 1 fully saturated rings. The fourth-order valence-electron chi connectivity index (χ4n) is 4.52. The van der Waals surface area contributed by atoms with Gasteiger partial charge in [-0.25, -0.2) is 13.6 Å². The fourth-order valence-corrected chi connectivity index (χ4v) is 4.52. The maximum atomic E-state index is 13.4. The molecule has 0 bridgehead atoms. The minimum Gasteiger partial charge on any atom is -0.463 e. The summed E-state index contributed by atoms with van der Waals surface area (Å²) in [6.07, 6.45) is 9.89. The SMILES string of the molecule is CCOC(=O)/C=C/CCCCC1CCN(CCOC(c2ccc(F)cc2)c2ccc(F)cc2)CC1. The monoisotopic (exact) mass is 485 g/mol. The van der Waals surface area contributed by atoms with E-state index < -0.39 is 0 Å². The number of esters is 1. The molecular weight excluding hydrogens is 448 g/mol. The molecule has 0 unspecified atom stereocenters. The van der Waals surface area contributed by atoms with E-state index in [0.717, 1.165) is 49.5 Å². The summed E-state index contributed by atoms with van der Waals surface area (Å²) in [4.78, 5) is 13.7. The first kappa shape index (κ1) is 27.0. The van der Waals surface area contributed by atoms with Crippen LogP contribution in [0.1, 0.15) is 62.7 Å². The maximum absolute atomic E-state index is 13.4. The van der Waals surface area contributed by atoms with Gasteiger partial charge >= 0.3 is 5.97 Å². The predicted octanol–water partition coefficient (Wildman–Crippen LogP) is 6.46. The Balaban J connectivity index is 1.37. The van der Waals surface area contributed by atoms with E-state index in [1.165, 1.54) is 56.0 Å². The highest BCUT2D eigenvalue weighted by molar-refractivity contribution is 5.81. The van der Waals surface area contributed by atoms with Crippen molar-refractivity contribution in [3.05, 3.63) is 83.4 Å². The Morgan fingerprint density at radius 2 is 1.60 bits per heavy atom. The Morgan fingerprint density at radius 1 is 1.00 bits per heavy atom. The molecule has 0 aliphatic carbocycles. The van der Waals surface area contributed by atoms with E-state index in [0.29, 0.717) is 13.2 Å². The zero-order chi connectivity index (χ0) is 24.9. The molecule has 190 valence electrons. The van der Waals surface area contributed by atoms with Crippen LogP contribution in [0, 0.1) is 17.6 Å². The predicted molar refractivity (Wildman–Crippen MR) is 134 cm³/mol. The third-order valence-corrected chi connectivity index (χ3v) is 6.52. The number of nitrogens with zero attached hydrogens (tertiary/aromatic N) is 1. The summed E-state index contributed by atoms with van der Waals surface area (Å²) in [5.41, 5.74) is 1.71. The zero-order valence-corrected chi connectivity index (χ0v) is 20.6. The molecule has 0 radical (unpaired) electrons. The summed E-state index contributed by atoms with van der Waals surface area (Å²) in [6.45, 7) is 5.74. The zero-order valence-electron chi connectivity index (χ0n) is 20.6. The van der Waals surface area contributed by atoms with Gasteiger partial charge < -0.3 is 14.4 Å². The van der Waals surface area contributed by atoms with Crippen molar-refractivity contribution in [2.45, 2.75) is 51.6 Å². The highest BCUT2D eigenvalue weighted by Crippen LogP contribution is 2.27. The molecule has 1 aliphatic heterocycles. The molecule has 3 rings (SSSR count). The molecule has 2 aromatic carbocycles. The highest BCUT2D eigenvalue weighted by Gasteiger charge is 2.20. The van der Waals surface area contributed by atoms with Crippen LogP contribution in [0.5, 0.6) is 0 Å². The minimum atomic E-state index is -0.355. The van der Waals surface area contributed by atoms with Crippen LogP contribution in [0.15, 0.2) is 60.7 Å². The summed E-state index contributed by atoms with van der Waals surface area (Å²) in [7, 11) is 0. The minimum absolute atomic E-state index is 0.259. The van der Waals surface area contributed by atoms with E-state index in [-0.39, 0.29) is 23.7 Å². The molecule has 0 spiro atoms. The van der Waals surface area contributed by atoms with Gasteiger partial charge in [-0.05, 0) is 87.0 Å². The van der Waals surface area contributed by atoms with Crippen molar-refractivity contribution in [1.82, 2.24) is 4.90 Å². The van der Waals surface area contributed by atoms with Crippen LogP contribution >= 0.6 is 0 Å². The van der Waals surface area contributed by atoms with E-state index in [1.807, 2.05) is 13.0 Å². The Labute approximate surface area is 207 Å². The summed E-state index contributed by atoms with van der Waals surface area (Å²) in [5, 5.41) is 0. The van der Waals surface area contributed by atoms with E-state index in [1.54, 1.807) is 24.3 Å². The normalized spacial score (nSPS) is 15.2. The van der Waals surface area contributed by atoms with E-state index in [4.69, 9.17) is 9.47 Å². The summed E-state index contributed by atoms with van der Waals surface area (Å²) in [6, 6.07) is 12.6. The van der Waals surface area contributed by atoms with Crippen molar-refractivity contribution in [1.29, 1.82) is 0 Å². The van der Waals surface area contributed by atoms with Crippen LogP contribution in [0.3, 0.4) is 0 Å². The number of allylic oxidation sites excluding steroid dienone is 1. The average molecular weight is 486 g/mol. The van der Waals surface area contributed by atoms with Crippen molar-refractivity contribution in [2.75, 3.05) is 32.8 Å². The number of carbonyl (C=O) groups excluding carboxylic acids is 1. The van der Waals surface area contributed by atoms with E-state index >= 15 is 0 Å². The molecule has 0 amide bonds. The average Bonchev–Trinajstić information content (AvgIpc) is 2.86. The van der Waals surface area contributed by atoms with Crippen molar-refractivity contribution in [3.63, 3.8) is 0 Å². The van der Waals surface area contributed by atoms with Gasteiger partial charge in [0, 0.05) is 12.6 Å². The number of halogens is 2. The smallest absolute Gasteiger partial charge is 0.330 e. The molecule has 6 heteroatoms. The van der Waals surface area contributed by atoms with Gasteiger partial charge in [-0.2, -0.15) is 0 Å². The summed E-state index contributed by atoms with van der Waals surface area (Å²) < 4.78 is 37.9. The number of ether oxygens (including phenoxy) is 2. The van der Waals surface area contributed by atoms with Crippen LogP contribution in [0.4, 0.5) is 8.78 Å². The lowest BCUT2D eigenvalue weighted by atomic mass is 9.91. The number of likely N-dealkylation sites (tertiary alicyclic amines) is 1. The van der Waals surface area contributed by atoms with Gasteiger partial charge in [0.05, 0.1) is 13.2 Å². The molecule has 0 aromatic heterocycles. The maximum Gasteiger partial charge on any atom is 0.330 e. The van der Waals surface area contributed by atoms with Gasteiger partial charge in [-0.1, -0.05) is 43.2 Å². The molecule has 1 heterocycles. The van der Waals surface area contributed by atoms with Crippen LogP contribution < -0.4 is 0 Å². The molecule has 1 aliphatic rings. The van der Waals surface area contributed by atoms with E-state index in [9.17, 15) is 13.6 Å². The van der Waals surface area contributed by atoms with Gasteiger partial charge in [-0.3, -0.25) is 0 Å². The van der Waals surface area contributed by atoms with Gasteiger partial charge in [0.15, 0.2) is 0 Å². The van der Waals surface area contributed by atoms with Crippen LogP contribution in [-0.2, 0) is 14.3 Å². The van der Waals surface area contributed by atoms with Crippen molar-refractivity contribution < 1.29 is 23.0 Å². The number of hydrogen-bond donors (Lipinski definition) is 0. The number of piperidine rings is 1. The first-order chi connectivity index (χ1) is 17.0. The van der Waals surface area contributed by atoms with Crippen LogP contribution in [0.2, 0.25) is 0 Å². The van der Waals surface area contributed by atoms with Crippen molar-refractivity contribution >= 4 is 5.97 Å². The lowest BCUT2D eigenvalue weighted by Gasteiger charge is -2.32. The lowest BCUT2D eigenvalue weighted by molar-refractivity contribution is -0.137. The molecular formula is C29H37F2NO3.